The Kier molecular flexibility index (Phi) is 2.58. The van der Waals surface area contributed by atoms with Crippen molar-refractivity contribution >= 4 is 49.0 Å². The molecular formula is C9H5BrClFS. The van der Waals surface area contributed by atoms with Gasteiger partial charge in [-0.15, -0.1) is 11.3 Å². The average Bonchev–Trinajstić information content (AvgIpc) is 2.60. The molecule has 2 rings (SSSR count). The molecule has 0 spiro atoms. The number of halogens is 3. The van der Waals surface area contributed by atoms with E-state index < -0.39 is 0 Å². The van der Waals surface area contributed by atoms with Crippen molar-refractivity contribution in [1.82, 2.24) is 0 Å². The van der Waals surface area contributed by atoms with E-state index in [0.717, 1.165) is 15.6 Å². The summed E-state index contributed by atoms with van der Waals surface area (Å²) in [5.74, 6) is -0.345. The van der Waals surface area contributed by atoms with Crippen molar-refractivity contribution in [3.63, 3.8) is 0 Å². The van der Waals surface area contributed by atoms with Gasteiger partial charge in [0.1, 0.15) is 5.82 Å². The molecule has 0 aliphatic carbocycles. The van der Waals surface area contributed by atoms with Gasteiger partial charge in [0.2, 0.25) is 0 Å². The molecule has 68 valence electrons. The van der Waals surface area contributed by atoms with E-state index in [1.807, 2.05) is 11.4 Å². The summed E-state index contributed by atoms with van der Waals surface area (Å²) in [6, 6.07) is 3.33. The lowest BCUT2D eigenvalue weighted by Crippen LogP contribution is -1.83. The van der Waals surface area contributed by atoms with Crippen molar-refractivity contribution in [3.05, 3.63) is 33.9 Å². The molecule has 4 heteroatoms. The van der Waals surface area contributed by atoms with Gasteiger partial charge in [-0.3, -0.25) is 0 Å². The maximum atomic E-state index is 13.2. The lowest BCUT2D eigenvalue weighted by molar-refractivity contribution is 0.629. The fraction of sp³-hybridized carbons (Fsp3) is 0.111. The van der Waals surface area contributed by atoms with Crippen LogP contribution >= 0.6 is 38.9 Å². The monoisotopic (exact) mass is 278 g/mol. The summed E-state index contributed by atoms with van der Waals surface area (Å²) in [6.07, 6.45) is 0. The third kappa shape index (κ3) is 1.49. The van der Waals surface area contributed by atoms with Crippen LogP contribution in [-0.4, -0.2) is 0 Å². The van der Waals surface area contributed by atoms with Crippen molar-refractivity contribution in [1.29, 1.82) is 0 Å². The first kappa shape index (κ1) is 9.44. The molecular weight excluding hydrogens is 275 g/mol. The SMILES string of the molecule is Fc1cc(CBr)c2sccc2c1Cl. The second-order valence-electron chi connectivity index (χ2n) is 2.63. The number of hydrogen-bond donors (Lipinski definition) is 0. The topological polar surface area (TPSA) is 0 Å². The van der Waals surface area contributed by atoms with Crippen molar-refractivity contribution in [2.75, 3.05) is 0 Å². The first-order valence-corrected chi connectivity index (χ1v) is 6.02. The van der Waals surface area contributed by atoms with Crippen LogP contribution < -0.4 is 0 Å². The largest absolute Gasteiger partial charge is 0.205 e. The van der Waals surface area contributed by atoms with Gasteiger partial charge < -0.3 is 0 Å². The Morgan fingerprint density at radius 3 is 3.00 bits per heavy atom. The molecule has 0 aliphatic heterocycles. The van der Waals surface area contributed by atoms with Crippen LogP contribution in [0.15, 0.2) is 17.5 Å². The highest BCUT2D eigenvalue weighted by Crippen LogP contribution is 2.34. The molecule has 13 heavy (non-hydrogen) atoms. The van der Waals surface area contributed by atoms with Crippen LogP contribution in [0.3, 0.4) is 0 Å². The summed E-state index contributed by atoms with van der Waals surface area (Å²) < 4.78 is 14.3. The summed E-state index contributed by atoms with van der Waals surface area (Å²) in [5, 5.41) is 3.60. The molecule has 0 radical (unpaired) electrons. The maximum Gasteiger partial charge on any atom is 0.142 e. The van der Waals surface area contributed by atoms with Crippen molar-refractivity contribution in [2.45, 2.75) is 5.33 Å². The highest BCUT2D eigenvalue weighted by Gasteiger charge is 2.10. The van der Waals surface area contributed by atoms with Gasteiger partial charge in [-0.2, -0.15) is 0 Å². The lowest BCUT2D eigenvalue weighted by Gasteiger charge is -2.01. The normalized spacial score (nSPS) is 11.0. The van der Waals surface area contributed by atoms with Gasteiger partial charge in [-0.1, -0.05) is 27.5 Å². The van der Waals surface area contributed by atoms with E-state index in [9.17, 15) is 4.39 Å². The van der Waals surface area contributed by atoms with Gasteiger partial charge in [-0.05, 0) is 23.1 Å². The van der Waals surface area contributed by atoms with E-state index in [1.54, 1.807) is 11.3 Å². The molecule has 1 heterocycles. The van der Waals surface area contributed by atoms with Crippen molar-refractivity contribution in [3.8, 4) is 0 Å². The molecule has 0 fully saturated rings. The van der Waals surface area contributed by atoms with Crippen LogP contribution in [-0.2, 0) is 5.33 Å². The zero-order valence-electron chi connectivity index (χ0n) is 6.48. The second kappa shape index (κ2) is 3.56. The summed E-state index contributed by atoms with van der Waals surface area (Å²) in [6.45, 7) is 0. The first-order chi connectivity index (χ1) is 6.24. The number of rotatable bonds is 1. The third-order valence-electron chi connectivity index (χ3n) is 1.85. The molecule has 0 atom stereocenters. The van der Waals surface area contributed by atoms with Crippen LogP contribution in [0.2, 0.25) is 5.02 Å². The Bertz CT molecular complexity index is 452. The Morgan fingerprint density at radius 1 is 1.54 bits per heavy atom. The van der Waals surface area contributed by atoms with Crippen LogP contribution in [0.25, 0.3) is 10.1 Å². The van der Waals surface area contributed by atoms with Crippen LogP contribution in [0.1, 0.15) is 5.56 Å². The minimum Gasteiger partial charge on any atom is -0.205 e. The predicted octanol–water partition coefficient (Wildman–Crippen LogP) is 4.59. The zero-order valence-corrected chi connectivity index (χ0v) is 9.64. The number of hydrogen-bond acceptors (Lipinski definition) is 1. The number of fused-ring (bicyclic) bond motifs is 1. The molecule has 0 nitrogen and oxygen atoms in total. The summed E-state index contributed by atoms with van der Waals surface area (Å²) >= 11 is 10.7. The molecule has 0 aliphatic rings. The number of alkyl halides is 1. The predicted molar refractivity (Wildman–Crippen MR) is 59.4 cm³/mol. The quantitative estimate of drug-likeness (QED) is 0.670. The number of thiophene rings is 1. The van der Waals surface area contributed by atoms with Gasteiger partial charge in [0.05, 0.1) is 5.02 Å². The average molecular weight is 280 g/mol. The van der Waals surface area contributed by atoms with Crippen molar-refractivity contribution < 1.29 is 4.39 Å². The first-order valence-electron chi connectivity index (χ1n) is 3.64. The van der Waals surface area contributed by atoms with E-state index in [-0.39, 0.29) is 10.8 Å². The summed E-state index contributed by atoms with van der Waals surface area (Å²) in [5.41, 5.74) is 0.951. The summed E-state index contributed by atoms with van der Waals surface area (Å²) in [7, 11) is 0. The lowest BCUT2D eigenvalue weighted by atomic mass is 10.2. The van der Waals surface area contributed by atoms with E-state index in [2.05, 4.69) is 15.9 Å². The maximum absolute atomic E-state index is 13.2. The smallest absolute Gasteiger partial charge is 0.142 e. The van der Waals surface area contributed by atoms with E-state index in [0.29, 0.717) is 5.33 Å². The standard InChI is InChI=1S/C9H5BrClFS/c10-4-5-3-7(12)8(11)6-1-2-13-9(5)6/h1-3H,4H2. The van der Waals surface area contributed by atoms with Crippen LogP contribution in [0.5, 0.6) is 0 Å². The summed E-state index contributed by atoms with van der Waals surface area (Å²) in [4.78, 5) is 0. The fourth-order valence-corrected chi connectivity index (χ4v) is 3.06. The van der Waals surface area contributed by atoms with Gasteiger partial charge >= 0.3 is 0 Å². The van der Waals surface area contributed by atoms with E-state index in [1.165, 1.54) is 6.07 Å². The van der Waals surface area contributed by atoms with E-state index in [4.69, 9.17) is 11.6 Å². The highest BCUT2D eigenvalue weighted by atomic mass is 79.9. The molecule has 0 N–H and O–H groups in total. The molecule has 0 saturated carbocycles. The zero-order chi connectivity index (χ0) is 9.42. The highest BCUT2D eigenvalue weighted by molar-refractivity contribution is 9.08. The van der Waals surface area contributed by atoms with E-state index >= 15 is 0 Å². The molecule has 0 saturated heterocycles. The Balaban J connectivity index is 2.87. The van der Waals surface area contributed by atoms with Gasteiger partial charge in [-0.25, -0.2) is 4.39 Å². The minimum atomic E-state index is -0.345. The Hall–Kier alpha value is -0.120. The third-order valence-corrected chi connectivity index (χ3v) is 3.83. The van der Waals surface area contributed by atoms with Gasteiger partial charge in [0, 0.05) is 15.4 Å². The molecule has 1 aromatic carbocycles. The van der Waals surface area contributed by atoms with Gasteiger partial charge in [0.25, 0.3) is 0 Å². The molecule has 2 aromatic rings. The van der Waals surface area contributed by atoms with Crippen LogP contribution in [0, 0.1) is 5.82 Å². The van der Waals surface area contributed by atoms with Crippen LogP contribution in [0.4, 0.5) is 4.39 Å². The Labute approximate surface area is 92.5 Å². The molecule has 1 aromatic heterocycles. The molecule has 0 amide bonds. The van der Waals surface area contributed by atoms with Gasteiger partial charge in [0.15, 0.2) is 0 Å². The van der Waals surface area contributed by atoms with Crippen molar-refractivity contribution in [2.24, 2.45) is 0 Å². The molecule has 0 unspecified atom stereocenters. The fourth-order valence-electron chi connectivity index (χ4n) is 1.24. The second-order valence-corrected chi connectivity index (χ2v) is 4.48. The minimum absolute atomic E-state index is 0.223. The molecule has 0 bridgehead atoms. The number of benzene rings is 1. The Morgan fingerprint density at radius 2 is 2.31 bits per heavy atom.